The molecule has 0 aliphatic carbocycles. The molecule has 0 bridgehead atoms. The fourth-order valence-corrected chi connectivity index (χ4v) is 2.37. The topological polar surface area (TPSA) is 24.5 Å². The normalized spacial score (nSPS) is 19.1. The van der Waals surface area contributed by atoms with Gasteiger partial charge in [0.25, 0.3) is 0 Å². The van der Waals surface area contributed by atoms with Crippen molar-refractivity contribution in [2.45, 2.75) is 58.6 Å². The van der Waals surface area contributed by atoms with Crippen LogP contribution in [0.1, 0.15) is 46.5 Å². The second-order valence-corrected chi connectivity index (χ2v) is 5.34. The van der Waals surface area contributed by atoms with Crippen LogP contribution >= 0.6 is 0 Å². The number of rotatable bonds is 8. The highest BCUT2D eigenvalue weighted by molar-refractivity contribution is 4.76. The van der Waals surface area contributed by atoms with Crippen LogP contribution in [0.5, 0.6) is 0 Å². The molecule has 0 unspecified atom stereocenters. The second kappa shape index (κ2) is 8.90. The van der Waals surface area contributed by atoms with Gasteiger partial charge in [-0.3, -0.25) is 0 Å². The molecule has 1 aliphatic heterocycles. The summed E-state index contributed by atoms with van der Waals surface area (Å²) in [4.78, 5) is 2.58. The second-order valence-electron chi connectivity index (χ2n) is 5.34. The first-order valence-corrected chi connectivity index (χ1v) is 7.29. The van der Waals surface area contributed by atoms with Gasteiger partial charge in [-0.25, -0.2) is 0 Å². The molecular formula is C14H30N2O. The quantitative estimate of drug-likeness (QED) is 0.661. The van der Waals surface area contributed by atoms with Gasteiger partial charge in [-0.05, 0) is 65.7 Å². The van der Waals surface area contributed by atoms with E-state index in [0.717, 1.165) is 25.6 Å². The van der Waals surface area contributed by atoms with E-state index < -0.39 is 0 Å². The van der Waals surface area contributed by atoms with Crippen molar-refractivity contribution in [1.82, 2.24) is 10.2 Å². The van der Waals surface area contributed by atoms with Gasteiger partial charge in [0.1, 0.15) is 0 Å². The van der Waals surface area contributed by atoms with Gasteiger partial charge in [0.2, 0.25) is 0 Å². The number of hydrogen-bond acceptors (Lipinski definition) is 3. The molecule has 1 saturated heterocycles. The Balaban J connectivity index is 1.95. The molecule has 102 valence electrons. The van der Waals surface area contributed by atoms with Crippen molar-refractivity contribution in [3.8, 4) is 0 Å². The molecule has 1 heterocycles. The van der Waals surface area contributed by atoms with Crippen LogP contribution in [-0.2, 0) is 4.74 Å². The van der Waals surface area contributed by atoms with Gasteiger partial charge in [0.05, 0.1) is 6.10 Å². The fourth-order valence-electron chi connectivity index (χ4n) is 2.37. The molecule has 1 aliphatic rings. The predicted octanol–water partition coefficient (Wildman–Crippen LogP) is 2.27. The van der Waals surface area contributed by atoms with E-state index in [1.54, 1.807) is 0 Å². The van der Waals surface area contributed by atoms with Crippen molar-refractivity contribution in [2.75, 3.05) is 32.8 Å². The smallest absolute Gasteiger partial charge is 0.0518 e. The minimum absolute atomic E-state index is 0.368. The molecule has 0 aromatic carbocycles. The third-order valence-electron chi connectivity index (χ3n) is 3.33. The van der Waals surface area contributed by atoms with Crippen LogP contribution in [0.25, 0.3) is 0 Å². The van der Waals surface area contributed by atoms with Crippen LogP contribution in [0.4, 0.5) is 0 Å². The van der Waals surface area contributed by atoms with E-state index in [9.17, 15) is 0 Å². The monoisotopic (exact) mass is 242 g/mol. The summed E-state index contributed by atoms with van der Waals surface area (Å²) in [6, 6.07) is 0.738. The molecule has 0 saturated carbocycles. The van der Waals surface area contributed by atoms with Crippen molar-refractivity contribution < 1.29 is 4.74 Å². The van der Waals surface area contributed by atoms with Crippen LogP contribution in [0.15, 0.2) is 0 Å². The Morgan fingerprint density at radius 3 is 2.59 bits per heavy atom. The van der Waals surface area contributed by atoms with Crippen molar-refractivity contribution in [3.05, 3.63) is 0 Å². The number of likely N-dealkylation sites (tertiary alicyclic amines) is 1. The van der Waals surface area contributed by atoms with Gasteiger partial charge in [-0.2, -0.15) is 0 Å². The van der Waals surface area contributed by atoms with Crippen molar-refractivity contribution in [2.24, 2.45) is 0 Å². The summed E-state index contributed by atoms with van der Waals surface area (Å²) in [5.41, 5.74) is 0. The van der Waals surface area contributed by atoms with Crippen LogP contribution in [0.3, 0.4) is 0 Å². The molecule has 0 atom stereocenters. The van der Waals surface area contributed by atoms with Gasteiger partial charge in [0, 0.05) is 12.6 Å². The van der Waals surface area contributed by atoms with Gasteiger partial charge in [-0.15, -0.1) is 0 Å². The molecule has 3 nitrogen and oxygen atoms in total. The molecule has 0 spiro atoms. The van der Waals surface area contributed by atoms with E-state index in [1.807, 2.05) is 0 Å². The maximum atomic E-state index is 5.53. The van der Waals surface area contributed by atoms with Crippen LogP contribution in [-0.4, -0.2) is 49.8 Å². The lowest BCUT2D eigenvalue weighted by Crippen LogP contribution is -2.43. The minimum Gasteiger partial charge on any atom is -0.379 e. The molecule has 0 radical (unpaired) electrons. The number of nitrogens with zero attached hydrogens (tertiary/aromatic N) is 1. The van der Waals surface area contributed by atoms with E-state index in [2.05, 4.69) is 31.0 Å². The third kappa shape index (κ3) is 7.02. The zero-order valence-electron chi connectivity index (χ0n) is 11.9. The largest absolute Gasteiger partial charge is 0.379 e. The fraction of sp³-hybridized carbons (Fsp3) is 1.00. The van der Waals surface area contributed by atoms with E-state index in [4.69, 9.17) is 4.74 Å². The highest BCUT2D eigenvalue weighted by Gasteiger charge is 2.17. The third-order valence-corrected chi connectivity index (χ3v) is 3.33. The molecule has 3 heteroatoms. The van der Waals surface area contributed by atoms with Gasteiger partial charge in [-0.1, -0.05) is 6.92 Å². The summed E-state index contributed by atoms with van der Waals surface area (Å²) in [6.45, 7) is 12.3. The SMILES string of the molecule is CCCN1CCC(NCCCOC(C)C)CC1. The number of nitrogens with one attached hydrogen (secondary N) is 1. The van der Waals surface area contributed by atoms with E-state index in [1.165, 1.54) is 38.9 Å². The van der Waals surface area contributed by atoms with Crippen molar-refractivity contribution >= 4 is 0 Å². The van der Waals surface area contributed by atoms with E-state index in [-0.39, 0.29) is 0 Å². The average Bonchev–Trinajstić information content (AvgIpc) is 2.31. The lowest BCUT2D eigenvalue weighted by molar-refractivity contribution is 0.0761. The number of piperidine rings is 1. The summed E-state index contributed by atoms with van der Waals surface area (Å²) >= 11 is 0. The summed E-state index contributed by atoms with van der Waals surface area (Å²) in [7, 11) is 0. The Morgan fingerprint density at radius 1 is 1.29 bits per heavy atom. The average molecular weight is 242 g/mol. The summed E-state index contributed by atoms with van der Waals surface area (Å²) < 4.78 is 5.53. The molecule has 0 aromatic rings. The van der Waals surface area contributed by atoms with Gasteiger partial charge < -0.3 is 15.0 Å². The standard InChI is InChI=1S/C14H30N2O/c1-4-9-16-10-6-14(7-11-16)15-8-5-12-17-13(2)3/h13-15H,4-12H2,1-3H3. The molecule has 1 N–H and O–H groups in total. The number of hydrogen-bond donors (Lipinski definition) is 1. The predicted molar refractivity (Wildman–Crippen MR) is 73.5 cm³/mol. The first-order chi connectivity index (χ1) is 8.22. The minimum atomic E-state index is 0.368. The molecule has 17 heavy (non-hydrogen) atoms. The molecule has 0 amide bonds. The first kappa shape index (κ1) is 14.9. The Labute approximate surface area is 107 Å². The van der Waals surface area contributed by atoms with Crippen LogP contribution < -0.4 is 5.32 Å². The Morgan fingerprint density at radius 2 is 2.00 bits per heavy atom. The zero-order valence-corrected chi connectivity index (χ0v) is 11.9. The lowest BCUT2D eigenvalue weighted by Gasteiger charge is -2.32. The zero-order chi connectivity index (χ0) is 12.5. The highest BCUT2D eigenvalue weighted by atomic mass is 16.5. The van der Waals surface area contributed by atoms with E-state index >= 15 is 0 Å². The highest BCUT2D eigenvalue weighted by Crippen LogP contribution is 2.10. The molecule has 1 fully saturated rings. The Hall–Kier alpha value is -0.120. The van der Waals surface area contributed by atoms with E-state index in [0.29, 0.717) is 6.10 Å². The lowest BCUT2D eigenvalue weighted by atomic mass is 10.0. The number of ether oxygens (including phenoxy) is 1. The summed E-state index contributed by atoms with van der Waals surface area (Å²) in [5, 5.41) is 3.65. The van der Waals surface area contributed by atoms with Crippen molar-refractivity contribution in [1.29, 1.82) is 0 Å². The van der Waals surface area contributed by atoms with Gasteiger partial charge in [0.15, 0.2) is 0 Å². The maximum absolute atomic E-state index is 5.53. The Kier molecular flexibility index (Phi) is 7.82. The Bertz CT molecular complexity index is 177. The van der Waals surface area contributed by atoms with Crippen LogP contribution in [0, 0.1) is 0 Å². The maximum Gasteiger partial charge on any atom is 0.0518 e. The summed E-state index contributed by atoms with van der Waals surface area (Å²) in [5.74, 6) is 0. The van der Waals surface area contributed by atoms with Crippen molar-refractivity contribution in [3.63, 3.8) is 0 Å². The van der Waals surface area contributed by atoms with Crippen LogP contribution in [0.2, 0.25) is 0 Å². The first-order valence-electron chi connectivity index (χ1n) is 7.29. The molecule has 1 rings (SSSR count). The summed E-state index contributed by atoms with van der Waals surface area (Å²) in [6.07, 6.45) is 5.40. The molecular weight excluding hydrogens is 212 g/mol. The van der Waals surface area contributed by atoms with Gasteiger partial charge >= 0.3 is 0 Å². The molecule has 0 aromatic heterocycles.